The molecular weight excluding hydrogens is 380 g/mol. The maximum atomic E-state index is 6.24. The molecule has 0 fully saturated rings. The molecule has 0 bridgehead atoms. The van der Waals surface area contributed by atoms with Gasteiger partial charge in [-0.3, -0.25) is 0 Å². The fourth-order valence-electron chi connectivity index (χ4n) is 4.69. The number of unbranched alkanes of at least 4 members (excludes halogenated alkanes) is 1. The van der Waals surface area contributed by atoms with Crippen molar-refractivity contribution in [3.05, 3.63) is 46.5 Å². The van der Waals surface area contributed by atoms with Crippen molar-refractivity contribution in [3.63, 3.8) is 0 Å². The summed E-state index contributed by atoms with van der Waals surface area (Å²) in [6, 6.07) is 8.57. The fourth-order valence-corrected chi connectivity index (χ4v) is 4.69. The molecule has 0 radical (unpaired) electrons. The van der Waals surface area contributed by atoms with E-state index in [0.717, 1.165) is 48.8 Å². The predicted molar refractivity (Wildman–Crippen MR) is 116 cm³/mol. The smallest absolute Gasteiger partial charge is 0.231 e. The van der Waals surface area contributed by atoms with E-state index in [1.165, 1.54) is 28.0 Å². The molecule has 3 aliphatic heterocycles. The first-order valence-electron chi connectivity index (χ1n) is 10.7. The maximum absolute atomic E-state index is 6.24. The average molecular weight is 408 g/mol. The number of fused-ring (bicyclic) bond motifs is 5. The molecule has 5 rings (SSSR count). The Bertz CT molecular complexity index is 1000. The number of methoxy groups -OCH3 is 1. The summed E-state index contributed by atoms with van der Waals surface area (Å²) >= 11 is 0. The van der Waals surface area contributed by atoms with Crippen molar-refractivity contribution in [1.29, 1.82) is 0 Å². The highest BCUT2D eigenvalue weighted by molar-refractivity contribution is 5.88. The molecule has 0 aliphatic carbocycles. The summed E-state index contributed by atoms with van der Waals surface area (Å²) in [5, 5.41) is 0. The van der Waals surface area contributed by atoms with E-state index >= 15 is 0 Å². The molecule has 2 N–H and O–H groups in total. The van der Waals surface area contributed by atoms with Crippen LogP contribution in [0.4, 0.5) is 0 Å². The van der Waals surface area contributed by atoms with Crippen LogP contribution in [0, 0.1) is 0 Å². The molecule has 30 heavy (non-hydrogen) atoms. The fraction of sp³-hybridized carbons (Fsp3) is 0.417. The summed E-state index contributed by atoms with van der Waals surface area (Å²) in [6.45, 7) is 4.81. The average Bonchev–Trinajstić information content (AvgIpc) is 3.22. The number of nitrogens with zero attached hydrogens (tertiary/aromatic N) is 1. The van der Waals surface area contributed by atoms with Gasteiger partial charge in [-0.1, -0.05) is 6.07 Å². The van der Waals surface area contributed by atoms with Gasteiger partial charge in [-0.2, -0.15) is 0 Å². The summed E-state index contributed by atoms with van der Waals surface area (Å²) in [6.07, 6.45) is 5.13. The van der Waals surface area contributed by atoms with Gasteiger partial charge in [-0.05, 0) is 68.1 Å². The van der Waals surface area contributed by atoms with E-state index in [1.54, 1.807) is 7.11 Å². The second-order valence-electron chi connectivity index (χ2n) is 7.96. The Labute approximate surface area is 177 Å². The van der Waals surface area contributed by atoms with Crippen molar-refractivity contribution in [2.45, 2.75) is 32.2 Å². The highest BCUT2D eigenvalue weighted by atomic mass is 16.7. The van der Waals surface area contributed by atoms with Gasteiger partial charge in [0.05, 0.1) is 19.8 Å². The van der Waals surface area contributed by atoms with E-state index in [4.69, 9.17) is 24.7 Å². The molecule has 2 aromatic carbocycles. The largest absolute Gasteiger partial charge is 0.493 e. The molecule has 0 saturated heterocycles. The Morgan fingerprint density at radius 1 is 1.17 bits per heavy atom. The number of hydrogen-bond acceptors (Lipinski definition) is 6. The van der Waals surface area contributed by atoms with Crippen LogP contribution in [0.3, 0.4) is 0 Å². The lowest BCUT2D eigenvalue weighted by Crippen LogP contribution is -2.34. The normalized spacial score (nSPS) is 18.3. The monoisotopic (exact) mass is 408 g/mol. The lowest BCUT2D eigenvalue weighted by Gasteiger charge is -2.42. The number of hydrogen-bond donors (Lipinski definition) is 1. The van der Waals surface area contributed by atoms with Crippen molar-refractivity contribution in [2.75, 3.05) is 33.6 Å². The number of nitrogens with two attached hydrogens (primary N) is 1. The number of rotatable bonds is 6. The van der Waals surface area contributed by atoms with Crippen LogP contribution in [0.15, 0.2) is 24.3 Å². The van der Waals surface area contributed by atoms with E-state index in [2.05, 4.69) is 36.1 Å². The zero-order valence-electron chi connectivity index (χ0n) is 17.6. The zero-order valence-corrected chi connectivity index (χ0v) is 17.6. The quantitative estimate of drug-likeness (QED) is 0.730. The highest BCUT2D eigenvalue weighted by Crippen LogP contribution is 2.49. The summed E-state index contributed by atoms with van der Waals surface area (Å²) < 4.78 is 23.1. The van der Waals surface area contributed by atoms with E-state index in [0.29, 0.717) is 19.9 Å². The third-order valence-corrected chi connectivity index (χ3v) is 6.24. The molecule has 6 heteroatoms. The van der Waals surface area contributed by atoms with Gasteiger partial charge in [0.25, 0.3) is 0 Å². The van der Waals surface area contributed by atoms with Crippen molar-refractivity contribution in [1.82, 2.24) is 4.90 Å². The summed E-state index contributed by atoms with van der Waals surface area (Å²) in [4.78, 5) is 2.46. The van der Waals surface area contributed by atoms with Crippen LogP contribution in [-0.4, -0.2) is 38.5 Å². The van der Waals surface area contributed by atoms with Crippen molar-refractivity contribution in [2.24, 2.45) is 5.73 Å². The Balaban J connectivity index is 1.57. The van der Waals surface area contributed by atoms with Crippen molar-refractivity contribution >= 4 is 11.8 Å². The predicted octanol–water partition coefficient (Wildman–Crippen LogP) is 3.97. The number of ether oxygens (including phenoxy) is 4. The molecule has 0 unspecified atom stereocenters. The second kappa shape index (κ2) is 7.76. The molecule has 0 aromatic heterocycles. The van der Waals surface area contributed by atoms with Crippen LogP contribution in [0.25, 0.3) is 11.8 Å². The van der Waals surface area contributed by atoms with Gasteiger partial charge in [0, 0.05) is 23.4 Å². The van der Waals surface area contributed by atoms with E-state index < -0.39 is 0 Å². The second-order valence-corrected chi connectivity index (χ2v) is 7.96. The molecule has 3 aliphatic rings. The molecule has 0 spiro atoms. The SMILES string of the molecule is COc1ccc2c(c1OCCCCN)[C@@H](C)N1CCc3cc4c(cc3C1=C2)OCO4. The molecule has 1 atom stereocenters. The van der Waals surface area contributed by atoms with Gasteiger partial charge in [0.1, 0.15) is 0 Å². The maximum Gasteiger partial charge on any atom is 0.231 e. The van der Waals surface area contributed by atoms with Crippen LogP contribution in [0.1, 0.15) is 48.1 Å². The first kappa shape index (κ1) is 19.1. The van der Waals surface area contributed by atoms with E-state index in [9.17, 15) is 0 Å². The number of benzene rings is 2. The Morgan fingerprint density at radius 2 is 2.00 bits per heavy atom. The topological polar surface area (TPSA) is 66.2 Å². The minimum Gasteiger partial charge on any atom is -0.493 e. The lowest BCUT2D eigenvalue weighted by molar-refractivity contribution is 0.174. The minimum absolute atomic E-state index is 0.179. The summed E-state index contributed by atoms with van der Waals surface area (Å²) in [7, 11) is 1.70. The van der Waals surface area contributed by atoms with Crippen molar-refractivity contribution < 1.29 is 18.9 Å². The third-order valence-electron chi connectivity index (χ3n) is 6.24. The van der Waals surface area contributed by atoms with Crippen LogP contribution in [-0.2, 0) is 6.42 Å². The Kier molecular flexibility index (Phi) is 4.95. The Hall–Kier alpha value is -2.86. The lowest BCUT2D eigenvalue weighted by atomic mass is 9.86. The van der Waals surface area contributed by atoms with Gasteiger partial charge in [-0.15, -0.1) is 0 Å². The zero-order chi connectivity index (χ0) is 20.7. The molecular formula is C24H28N2O4. The third kappa shape index (κ3) is 3.06. The first-order valence-corrected chi connectivity index (χ1v) is 10.7. The van der Waals surface area contributed by atoms with Gasteiger partial charge >= 0.3 is 0 Å². The standard InChI is InChI=1S/C24H28N2O4/c1-15-23-17(5-6-20(27-2)24(23)28-10-4-3-8-25)11-19-18-13-22-21(29-14-30-22)12-16(18)7-9-26(15)19/h5-6,11-13,15H,3-4,7-10,14,25H2,1-2H3/t15-/m1/s1. The van der Waals surface area contributed by atoms with E-state index in [1.807, 2.05) is 6.07 Å². The molecule has 2 aromatic rings. The summed E-state index contributed by atoms with van der Waals surface area (Å²) in [5.41, 5.74) is 11.8. The van der Waals surface area contributed by atoms with Gasteiger partial charge in [0.2, 0.25) is 6.79 Å². The van der Waals surface area contributed by atoms with Crippen LogP contribution >= 0.6 is 0 Å². The van der Waals surface area contributed by atoms with Gasteiger partial charge in [0.15, 0.2) is 23.0 Å². The van der Waals surface area contributed by atoms with Crippen LogP contribution in [0.2, 0.25) is 0 Å². The van der Waals surface area contributed by atoms with Crippen molar-refractivity contribution in [3.8, 4) is 23.0 Å². The van der Waals surface area contributed by atoms with Crippen LogP contribution < -0.4 is 24.7 Å². The van der Waals surface area contributed by atoms with Crippen LogP contribution in [0.5, 0.6) is 23.0 Å². The minimum atomic E-state index is 0.179. The first-order chi connectivity index (χ1) is 14.7. The molecule has 3 heterocycles. The highest BCUT2D eigenvalue weighted by Gasteiger charge is 2.34. The van der Waals surface area contributed by atoms with Gasteiger partial charge in [-0.25, -0.2) is 0 Å². The molecule has 6 nitrogen and oxygen atoms in total. The molecule has 0 amide bonds. The Morgan fingerprint density at radius 3 is 2.80 bits per heavy atom. The summed E-state index contributed by atoms with van der Waals surface area (Å²) in [5.74, 6) is 3.32. The molecule has 158 valence electrons. The molecule has 0 saturated carbocycles. The van der Waals surface area contributed by atoms with E-state index in [-0.39, 0.29) is 6.04 Å². The van der Waals surface area contributed by atoms with Gasteiger partial charge < -0.3 is 29.6 Å².